The van der Waals surface area contributed by atoms with Crippen LogP contribution < -0.4 is 10.6 Å². The first kappa shape index (κ1) is 26.5. The number of carbonyl (C=O) groups is 2. The molecule has 4 aliphatic rings. The molecule has 37 heavy (non-hydrogen) atoms. The maximum absolute atomic E-state index is 14.0. The average Bonchev–Trinajstić information content (AvgIpc) is 3.15. The predicted octanol–water partition coefficient (Wildman–Crippen LogP) is 7.14. The molecule has 5 rings (SSSR count). The van der Waals surface area contributed by atoms with Crippen molar-refractivity contribution in [1.29, 1.82) is 0 Å². The predicted molar refractivity (Wildman–Crippen MR) is 151 cm³/mol. The van der Waals surface area contributed by atoms with Gasteiger partial charge in [-0.05, 0) is 83.3 Å². The molecule has 3 aliphatic carbocycles. The third kappa shape index (κ3) is 4.36. The molecule has 6 atom stereocenters. The Bertz CT molecular complexity index is 1140. The molecule has 0 radical (unpaired) electrons. The van der Waals surface area contributed by atoms with Crippen LogP contribution in [0.25, 0.3) is 0 Å². The number of anilines is 1. The Balaban J connectivity index is 1.40. The first-order chi connectivity index (χ1) is 17.1. The quantitative estimate of drug-likeness (QED) is 0.450. The van der Waals surface area contributed by atoms with Crippen LogP contribution >= 0.6 is 0 Å². The van der Waals surface area contributed by atoms with Crippen LogP contribution in [0.15, 0.2) is 30.0 Å². The van der Waals surface area contributed by atoms with Gasteiger partial charge in [0.25, 0.3) is 0 Å². The third-order valence-electron chi connectivity index (χ3n) is 10.9. The molecule has 3 fully saturated rings. The average molecular weight is 505 g/mol. The van der Waals surface area contributed by atoms with Crippen molar-refractivity contribution < 1.29 is 9.59 Å². The van der Waals surface area contributed by atoms with Gasteiger partial charge in [-0.1, -0.05) is 67.5 Å². The van der Waals surface area contributed by atoms with Crippen molar-refractivity contribution in [3.8, 4) is 0 Å². The minimum atomic E-state index is -0.0466. The summed E-state index contributed by atoms with van der Waals surface area (Å²) in [6.45, 7) is 19.1. The minimum absolute atomic E-state index is 0.0263. The zero-order valence-electron chi connectivity index (χ0n) is 24.4. The topological polar surface area (TPSA) is 58.2 Å². The highest BCUT2D eigenvalue weighted by Gasteiger charge is 2.60. The maximum Gasteiger partial charge on any atom is 0.228 e. The first-order valence-corrected chi connectivity index (χ1v) is 14.6. The van der Waals surface area contributed by atoms with Crippen molar-refractivity contribution in [2.24, 2.45) is 34.5 Å². The lowest BCUT2D eigenvalue weighted by atomic mass is 9.50. The molecule has 4 nitrogen and oxygen atoms in total. The monoisotopic (exact) mass is 504 g/mol. The number of carbonyl (C=O) groups excluding carboxylic acids is 2. The summed E-state index contributed by atoms with van der Waals surface area (Å²) in [6, 6.07) is 6.66. The molecule has 1 amide bonds. The summed E-state index contributed by atoms with van der Waals surface area (Å²) in [5, 5.41) is 7.15. The van der Waals surface area contributed by atoms with Crippen LogP contribution in [0.3, 0.4) is 0 Å². The van der Waals surface area contributed by atoms with Crippen molar-refractivity contribution in [3.05, 3.63) is 41.1 Å². The van der Waals surface area contributed by atoms with Crippen LogP contribution in [0.5, 0.6) is 0 Å². The van der Waals surface area contributed by atoms with Gasteiger partial charge in [0.15, 0.2) is 5.78 Å². The number of hydrogen-bond acceptors (Lipinski definition) is 3. The van der Waals surface area contributed by atoms with Crippen molar-refractivity contribution in [1.82, 2.24) is 5.32 Å². The lowest BCUT2D eigenvalue weighted by Crippen LogP contribution is -2.57. The van der Waals surface area contributed by atoms with Crippen LogP contribution in [-0.4, -0.2) is 18.2 Å². The van der Waals surface area contributed by atoms with E-state index in [0.717, 1.165) is 44.3 Å². The number of hydrogen-bond donors (Lipinski definition) is 2. The van der Waals surface area contributed by atoms with E-state index in [1.54, 1.807) is 0 Å². The van der Waals surface area contributed by atoms with Crippen LogP contribution in [-0.2, 0) is 20.4 Å². The lowest BCUT2D eigenvalue weighted by molar-refractivity contribution is -0.127. The Labute approximate surface area is 224 Å². The van der Waals surface area contributed by atoms with E-state index >= 15 is 0 Å². The molecule has 1 aliphatic heterocycles. The van der Waals surface area contributed by atoms with Gasteiger partial charge in [-0.2, -0.15) is 0 Å². The van der Waals surface area contributed by atoms with E-state index in [-0.39, 0.29) is 39.3 Å². The smallest absolute Gasteiger partial charge is 0.228 e. The van der Waals surface area contributed by atoms with Gasteiger partial charge < -0.3 is 10.6 Å². The number of amides is 1. The number of rotatable bonds is 2. The standard InChI is InChI=1S/C33H48N2O2/c1-30(2,3)20-9-10-25(31(4,5)6)27(17-20)35-29(37)26-12-11-23-22-19-34-28-18-21(36)13-15-33(28,8)24(22)14-16-32(23,26)7/h9-10,17-18,22-24,26,34H,11-16,19H2,1-8H3,(H,35,37)/t22-,23-,24-,26+,32-,33+/m0/s1. The Morgan fingerprint density at radius 3 is 2.38 bits per heavy atom. The first-order valence-electron chi connectivity index (χ1n) is 14.6. The minimum Gasteiger partial charge on any atom is -0.387 e. The van der Waals surface area contributed by atoms with Gasteiger partial charge >= 0.3 is 0 Å². The molecule has 202 valence electrons. The molecule has 1 heterocycles. The molecule has 4 heteroatoms. The van der Waals surface area contributed by atoms with Crippen LogP contribution in [0.2, 0.25) is 0 Å². The van der Waals surface area contributed by atoms with Crippen LogP contribution in [0, 0.1) is 34.5 Å². The zero-order chi connectivity index (χ0) is 27.0. The molecule has 0 spiro atoms. The second-order valence-electron chi connectivity index (χ2n) is 15.1. The Hall–Kier alpha value is -2.10. The largest absolute Gasteiger partial charge is 0.387 e. The lowest BCUT2D eigenvalue weighted by Gasteiger charge is -2.58. The van der Waals surface area contributed by atoms with E-state index in [4.69, 9.17) is 0 Å². The third-order valence-corrected chi connectivity index (χ3v) is 10.9. The molecular formula is C33H48N2O2. The van der Waals surface area contributed by atoms with Gasteiger partial charge in [-0.15, -0.1) is 0 Å². The van der Waals surface area contributed by atoms with E-state index < -0.39 is 0 Å². The van der Waals surface area contributed by atoms with Crippen molar-refractivity contribution in [2.75, 3.05) is 11.9 Å². The van der Waals surface area contributed by atoms with Gasteiger partial charge in [-0.3, -0.25) is 9.59 Å². The van der Waals surface area contributed by atoms with E-state index in [0.29, 0.717) is 24.2 Å². The van der Waals surface area contributed by atoms with Gasteiger partial charge in [0, 0.05) is 41.8 Å². The fraction of sp³-hybridized carbons (Fsp3) is 0.697. The normalized spacial score (nSPS) is 35.6. The van der Waals surface area contributed by atoms with Crippen molar-refractivity contribution in [3.63, 3.8) is 0 Å². The van der Waals surface area contributed by atoms with Crippen molar-refractivity contribution >= 4 is 17.4 Å². The number of ketones is 1. The summed E-state index contributed by atoms with van der Waals surface area (Å²) < 4.78 is 0. The molecule has 1 aromatic carbocycles. The number of benzene rings is 1. The highest BCUT2D eigenvalue weighted by Crippen LogP contribution is 2.64. The number of allylic oxidation sites excluding steroid dienone is 2. The number of nitrogens with one attached hydrogen (secondary N) is 2. The zero-order valence-corrected chi connectivity index (χ0v) is 24.4. The van der Waals surface area contributed by atoms with Gasteiger partial charge in [0.2, 0.25) is 5.91 Å². The molecule has 1 saturated heterocycles. The van der Waals surface area contributed by atoms with Gasteiger partial charge in [-0.25, -0.2) is 0 Å². The molecule has 0 aromatic heterocycles. The Morgan fingerprint density at radius 1 is 0.973 bits per heavy atom. The summed E-state index contributed by atoms with van der Waals surface area (Å²) in [6.07, 6.45) is 7.86. The summed E-state index contributed by atoms with van der Waals surface area (Å²) in [5.41, 5.74) is 4.70. The fourth-order valence-electron chi connectivity index (χ4n) is 8.56. The summed E-state index contributed by atoms with van der Waals surface area (Å²) in [4.78, 5) is 26.2. The molecule has 0 unspecified atom stereocenters. The van der Waals surface area contributed by atoms with E-state index in [2.05, 4.69) is 84.2 Å². The van der Waals surface area contributed by atoms with E-state index in [1.807, 2.05) is 6.08 Å². The SMILES string of the molecule is CC(C)(C)c1ccc(C(C)(C)C)c(NC(=O)[C@H]2CC[C@H]3[C@@H]4CNC5=CC(=O)CC[C@]5(C)[C@H]4CC[C@]23C)c1. The summed E-state index contributed by atoms with van der Waals surface area (Å²) in [7, 11) is 0. The van der Waals surface area contributed by atoms with E-state index in [1.165, 1.54) is 16.8 Å². The van der Waals surface area contributed by atoms with Crippen LogP contribution in [0.1, 0.15) is 105 Å². The van der Waals surface area contributed by atoms with E-state index in [9.17, 15) is 9.59 Å². The maximum atomic E-state index is 14.0. The number of fused-ring (bicyclic) bond motifs is 5. The fourth-order valence-corrected chi connectivity index (χ4v) is 8.56. The van der Waals surface area contributed by atoms with Gasteiger partial charge in [0.05, 0.1) is 0 Å². The molecule has 0 bridgehead atoms. The highest BCUT2D eigenvalue weighted by molar-refractivity contribution is 5.94. The summed E-state index contributed by atoms with van der Waals surface area (Å²) >= 11 is 0. The van der Waals surface area contributed by atoms with Crippen molar-refractivity contribution in [2.45, 2.75) is 105 Å². The molecule has 1 aromatic rings. The molecule has 2 N–H and O–H groups in total. The molecule has 2 saturated carbocycles. The van der Waals surface area contributed by atoms with Gasteiger partial charge in [0.1, 0.15) is 0 Å². The van der Waals surface area contributed by atoms with Crippen LogP contribution in [0.4, 0.5) is 5.69 Å². The molecular weight excluding hydrogens is 456 g/mol. The second kappa shape index (κ2) is 8.71. The Morgan fingerprint density at radius 2 is 1.70 bits per heavy atom. The highest BCUT2D eigenvalue weighted by atomic mass is 16.2. The Kier molecular flexibility index (Phi) is 6.24. The summed E-state index contributed by atoms with van der Waals surface area (Å²) in [5.74, 6) is 2.24. The number of piperidine rings is 1. The second-order valence-corrected chi connectivity index (χ2v) is 15.1.